The van der Waals surface area contributed by atoms with Gasteiger partial charge in [-0.05, 0) is 44.2 Å². The molecule has 1 aromatic rings. The number of nitrogens with zero attached hydrogens (tertiary/aromatic N) is 1. The molecule has 23 heavy (non-hydrogen) atoms. The maximum atomic E-state index is 12.2. The van der Waals surface area contributed by atoms with Crippen molar-refractivity contribution in [3.8, 4) is 0 Å². The van der Waals surface area contributed by atoms with E-state index in [0.29, 0.717) is 32.5 Å². The van der Waals surface area contributed by atoms with E-state index < -0.39 is 10.0 Å². The lowest BCUT2D eigenvalue weighted by molar-refractivity contribution is -0.126. The Morgan fingerprint density at radius 3 is 2.52 bits per heavy atom. The monoisotopic (exact) mass is 338 g/mol. The third kappa shape index (κ3) is 5.04. The Morgan fingerprint density at radius 2 is 1.91 bits per heavy atom. The van der Waals surface area contributed by atoms with E-state index in [1.165, 1.54) is 27.3 Å². The summed E-state index contributed by atoms with van der Waals surface area (Å²) in [6.45, 7) is 5.64. The van der Waals surface area contributed by atoms with Gasteiger partial charge >= 0.3 is 0 Å². The number of amides is 1. The van der Waals surface area contributed by atoms with E-state index in [2.05, 4.69) is 37.4 Å². The second kappa shape index (κ2) is 7.45. The van der Waals surface area contributed by atoms with E-state index >= 15 is 0 Å². The van der Waals surface area contributed by atoms with Gasteiger partial charge in [-0.25, -0.2) is 12.7 Å². The Kier molecular flexibility index (Phi) is 5.81. The fraction of sp³-hybridized carbons (Fsp3) is 0.588. The molecule has 0 bridgehead atoms. The average molecular weight is 338 g/mol. The largest absolute Gasteiger partial charge is 0.356 e. The van der Waals surface area contributed by atoms with Gasteiger partial charge in [0.2, 0.25) is 15.9 Å². The highest BCUT2D eigenvalue weighted by molar-refractivity contribution is 7.88. The molecule has 128 valence electrons. The molecule has 1 N–H and O–H groups in total. The highest BCUT2D eigenvalue weighted by atomic mass is 32.2. The predicted octanol–water partition coefficient (Wildman–Crippen LogP) is 1.63. The van der Waals surface area contributed by atoms with Crippen molar-refractivity contribution in [2.75, 3.05) is 25.9 Å². The van der Waals surface area contributed by atoms with Crippen LogP contribution < -0.4 is 5.32 Å². The van der Waals surface area contributed by atoms with Gasteiger partial charge in [0.1, 0.15) is 0 Å². The van der Waals surface area contributed by atoms with E-state index in [0.717, 1.165) is 6.42 Å². The first-order valence-corrected chi connectivity index (χ1v) is 9.91. The standard InChI is InChI=1S/C17H26N2O3S/c1-13-4-5-14(2)16(12-13)6-9-18-17(20)15-7-10-19(11-8-15)23(3,21)22/h4-5,12,15H,6-11H2,1-3H3,(H,18,20). The Morgan fingerprint density at radius 1 is 1.26 bits per heavy atom. The third-order valence-corrected chi connectivity index (χ3v) is 5.80. The molecule has 0 spiro atoms. The van der Waals surface area contributed by atoms with Gasteiger partial charge in [0.05, 0.1) is 6.26 Å². The lowest BCUT2D eigenvalue weighted by atomic mass is 9.97. The van der Waals surface area contributed by atoms with Crippen LogP contribution in [0.4, 0.5) is 0 Å². The molecule has 5 nitrogen and oxygen atoms in total. The number of benzene rings is 1. The van der Waals surface area contributed by atoms with Crippen LogP contribution in [-0.4, -0.2) is 44.5 Å². The van der Waals surface area contributed by atoms with Crippen molar-refractivity contribution in [1.29, 1.82) is 0 Å². The first-order chi connectivity index (χ1) is 10.8. The highest BCUT2D eigenvalue weighted by Crippen LogP contribution is 2.19. The minimum absolute atomic E-state index is 0.0449. The number of piperidine rings is 1. The summed E-state index contributed by atoms with van der Waals surface area (Å²) in [6, 6.07) is 6.35. The smallest absolute Gasteiger partial charge is 0.223 e. The summed E-state index contributed by atoms with van der Waals surface area (Å²) < 4.78 is 24.4. The van der Waals surface area contributed by atoms with Gasteiger partial charge in [0, 0.05) is 25.6 Å². The molecule has 0 atom stereocenters. The summed E-state index contributed by atoms with van der Waals surface area (Å²) in [6.07, 6.45) is 3.24. The Hall–Kier alpha value is -1.40. The van der Waals surface area contributed by atoms with Gasteiger partial charge in [-0.15, -0.1) is 0 Å². The van der Waals surface area contributed by atoms with Crippen LogP contribution in [0.5, 0.6) is 0 Å². The van der Waals surface area contributed by atoms with E-state index in [9.17, 15) is 13.2 Å². The van der Waals surface area contributed by atoms with Crippen molar-refractivity contribution in [1.82, 2.24) is 9.62 Å². The van der Waals surface area contributed by atoms with Crippen LogP contribution in [0.2, 0.25) is 0 Å². The summed E-state index contributed by atoms with van der Waals surface area (Å²) in [5, 5.41) is 2.99. The van der Waals surface area contributed by atoms with Crippen LogP contribution in [0.1, 0.15) is 29.5 Å². The second-order valence-electron chi connectivity index (χ2n) is 6.41. The molecule has 6 heteroatoms. The Labute approximate surface area is 139 Å². The number of sulfonamides is 1. The van der Waals surface area contributed by atoms with Crippen LogP contribution in [0, 0.1) is 19.8 Å². The Bertz CT molecular complexity index is 662. The fourth-order valence-electron chi connectivity index (χ4n) is 2.98. The lowest BCUT2D eigenvalue weighted by Crippen LogP contribution is -2.42. The van der Waals surface area contributed by atoms with E-state index in [1.54, 1.807) is 0 Å². The van der Waals surface area contributed by atoms with Crippen molar-refractivity contribution < 1.29 is 13.2 Å². The summed E-state index contributed by atoms with van der Waals surface area (Å²) in [5.74, 6) is -0.0323. The minimum atomic E-state index is -3.14. The number of hydrogen-bond donors (Lipinski definition) is 1. The zero-order valence-electron chi connectivity index (χ0n) is 14.1. The number of rotatable bonds is 5. The molecule has 1 aliphatic heterocycles. The van der Waals surface area contributed by atoms with Gasteiger partial charge in [0.25, 0.3) is 0 Å². The van der Waals surface area contributed by atoms with Gasteiger partial charge in [-0.2, -0.15) is 0 Å². The summed E-state index contributed by atoms with van der Waals surface area (Å²) in [4.78, 5) is 12.2. The van der Waals surface area contributed by atoms with Crippen molar-refractivity contribution in [3.63, 3.8) is 0 Å². The quantitative estimate of drug-likeness (QED) is 0.887. The zero-order valence-corrected chi connectivity index (χ0v) is 14.9. The van der Waals surface area contributed by atoms with Crippen molar-refractivity contribution in [2.45, 2.75) is 33.1 Å². The highest BCUT2D eigenvalue weighted by Gasteiger charge is 2.28. The van der Waals surface area contributed by atoms with E-state index in [4.69, 9.17) is 0 Å². The van der Waals surface area contributed by atoms with Crippen LogP contribution >= 0.6 is 0 Å². The maximum absolute atomic E-state index is 12.2. The summed E-state index contributed by atoms with van der Waals surface area (Å²) >= 11 is 0. The van der Waals surface area contributed by atoms with Gasteiger partial charge in [-0.1, -0.05) is 23.8 Å². The number of hydrogen-bond acceptors (Lipinski definition) is 3. The minimum Gasteiger partial charge on any atom is -0.356 e. The third-order valence-electron chi connectivity index (χ3n) is 4.49. The molecule has 1 amide bonds. The molecule has 1 aromatic carbocycles. The molecule has 0 radical (unpaired) electrons. The molecule has 1 aliphatic rings. The maximum Gasteiger partial charge on any atom is 0.223 e. The first kappa shape index (κ1) is 17.9. The van der Waals surface area contributed by atoms with Crippen LogP contribution in [-0.2, 0) is 21.2 Å². The Balaban J connectivity index is 1.79. The fourth-order valence-corrected chi connectivity index (χ4v) is 3.86. The first-order valence-electron chi connectivity index (χ1n) is 8.06. The molecule has 1 saturated heterocycles. The molecule has 0 saturated carbocycles. The molecular formula is C17H26N2O3S. The van der Waals surface area contributed by atoms with E-state index in [1.807, 2.05) is 0 Å². The topological polar surface area (TPSA) is 66.5 Å². The van der Waals surface area contributed by atoms with Crippen molar-refractivity contribution >= 4 is 15.9 Å². The van der Waals surface area contributed by atoms with Gasteiger partial charge in [-0.3, -0.25) is 4.79 Å². The molecule has 1 heterocycles. The van der Waals surface area contributed by atoms with E-state index in [-0.39, 0.29) is 11.8 Å². The normalized spacial score (nSPS) is 17.2. The molecule has 0 aliphatic carbocycles. The van der Waals surface area contributed by atoms with Gasteiger partial charge in [0.15, 0.2) is 0 Å². The zero-order chi connectivity index (χ0) is 17.0. The SMILES string of the molecule is Cc1ccc(C)c(CCNC(=O)C2CCN(S(C)(=O)=O)CC2)c1. The van der Waals surface area contributed by atoms with Gasteiger partial charge < -0.3 is 5.32 Å². The lowest BCUT2D eigenvalue weighted by Gasteiger charge is -2.29. The van der Waals surface area contributed by atoms with Crippen molar-refractivity contribution in [3.05, 3.63) is 34.9 Å². The summed E-state index contributed by atoms with van der Waals surface area (Å²) in [5.41, 5.74) is 3.73. The average Bonchev–Trinajstić information content (AvgIpc) is 2.50. The number of nitrogens with one attached hydrogen (secondary N) is 1. The number of carbonyl (C=O) groups is 1. The predicted molar refractivity (Wildman–Crippen MR) is 91.8 cm³/mol. The molecule has 0 aromatic heterocycles. The molecule has 0 unspecified atom stereocenters. The molecule has 2 rings (SSSR count). The van der Waals surface area contributed by atoms with Crippen LogP contribution in [0.15, 0.2) is 18.2 Å². The molecular weight excluding hydrogens is 312 g/mol. The van der Waals surface area contributed by atoms with Crippen LogP contribution in [0.3, 0.4) is 0 Å². The summed E-state index contributed by atoms with van der Waals surface area (Å²) in [7, 11) is -3.14. The number of carbonyl (C=O) groups excluding carboxylic acids is 1. The second-order valence-corrected chi connectivity index (χ2v) is 8.39. The molecule has 1 fully saturated rings. The van der Waals surface area contributed by atoms with Crippen molar-refractivity contribution in [2.24, 2.45) is 5.92 Å². The van der Waals surface area contributed by atoms with Crippen LogP contribution in [0.25, 0.3) is 0 Å². The number of aryl methyl sites for hydroxylation is 2.